The molecule has 1 nitrogen and oxygen atoms in total. The van der Waals surface area contributed by atoms with E-state index in [1.54, 1.807) is 0 Å². The van der Waals surface area contributed by atoms with E-state index in [2.05, 4.69) is 72.2 Å². The minimum absolute atomic E-state index is 0.383. The van der Waals surface area contributed by atoms with Crippen molar-refractivity contribution in [2.24, 2.45) is 5.73 Å². The van der Waals surface area contributed by atoms with Crippen molar-refractivity contribution in [2.75, 3.05) is 6.54 Å². The summed E-state index contributed by atoms with van der Waals surface area (Å²) in [6.07, 6.45) is 0.985. The molecule has 0 bridgehead atoms. The molecule has 0 amide bonds. The molecule has 0 aliphatic heterocycles. The summed E-state index contributed by atoms with van der Waals surface area (Å²) in [4.78, 5) is 0. The SMILES string of the molecule is Cc1ccc(C(CN)Cc2cccc(Br)c2)cc1C. The number of hydrogen-bond acceptors (Lipinski definition) is 1. The lowest BCUT2D eigenvalue weighted by atomic mass is 9.90. The van der Waals surface area contributed by atoms with Crippen LogP contribution < -0.4 is 5.73 Å². The van der Waals surface area contributed by atoms with Gasteiger partial charge in [0.2, 0.25) is 0 Å². The second-order valence-electron chi connectivity index (χ2n) is 5.11. The first kappa shape index (κ1) is 14.3. The average molecular weight is 318 g/mol. The van der Waals surface area contributed by atoms with Gasteiger partial charge < -0.3 is 5.73 Å². The van der Waals surface area contributed by atoms with Crippen LogP contribution in [0, 0.1) is 13.8 Å². The zero-order valence-corrected chi connectivity index (χ0v) is 13.1. The molecule has 0 saturated heterocycles. The topological polar surface area (TPSA) is 26.0 Å². The fourth-order valence-corrected chi connectivity index (χ4v) is 2.75. The second-order valence-corrected chi connectivity index (χ2v) is 6.03. The maximum absolute atomic E-state index is 5.97. The monoisotopic (exact) mass is 317 g/mol. The Hall–Kier alpha value is -1.12. The number of nitrogens with two attached hydrogens (primary N) is 1. The summed E-state index contributed by atoms with van der Waals surface area (Å²) in [7, 11) is 0. The van der Waals surface area contributed by atoms with Crippen LogP contribution in [0.5, 0.6) is 0 Å². The van der Waals surface area contributed by atoms with Gasteiger partial charge in [-0.1, -0.05) is 46.3 Å². The van der Waals surface area contributed by atoms with E-state index in [9.17, 15) is 0 Å². The summed E-state index contributed by atoms with van der Waals surface area (Å²) in [5, 5.41) is 0. The van der Waals surface area contributed by atoms with Gasteiger partial charge in [-0.3, -0.25) is 0 Å². The normalized spacial score (nSPS) is 12.4. The summed E-state index contributed by atoms with van der Waals surface area (Å²) in [6, 6.07) is 15.1. The highest BCUT2D eigenvalue weighted by atomic mass is 79.9. The van der Waals surface area contributed by atoms with Gasteiger partial charge in [0.05, 0.1) is 0 Å². The fraction of sp³-hybridized carbons (Fsp3) is 0.294. The molecule has 2 aromatic rings. The summed E-state index contributed by atoms with van der Waals surface area (Å²) >= 11 is 3.52. The molecule has 1 atom stereocenters. The highest BCUT2D eigenvalue weighted by Gasteiger charge is 2.11. The molecule has 2 rings (SSSR count). The molecule has 100 valence electrons. The van der Waals surface area contributed by atoms with E-state index in [1.165, 1.54) is 22.3 Å². The Morgan fingerprint density at radius 2 is 1.84 bits per heavy atom. The van der Waals surface area contributed by atoms with Crippen molar-refractivity contribution in [1.29, 1.82) is 0 Å². The molecule has 2 aromatic carbocycles. The van der Waals surface area contributed by atoms with Crippen LogP contribution in [0.2, 0.25) is 0 Å². The van der Waals surface area contributed by atoms with Gasteiger partial charge >= 0.3 is 0 Å². The predicted molar refractivity (Wildman–Crippen MR) is 85.6 cm³/mol. The molecule has 0 aliphatic rings. The molecule has 0 aliphatic carbocycles. The first-order valence-electron chi connectivity index (χ1n) is 6.62. The van der Waals surface area contributed by atoms with Gasteiger partial charge in [0.25, 0.3) is 0 Å². The fourth-order valence-electron chi connectivity index (χ4n) is 2.30. The number of benzene rings is 2. The van der Waals surface area contributed by atoms with E-state index in [0.717, 1.165) is 10.9 Å². The van der Waals surface area contributed by atoms with Crippen LogP contribution in [0.15, 0.2) is 46.9 Å². The number of rotatable bonds is 4. The molecule has 1 unspecified atom stereocenters. The third-order valence-corrected chi connectivity index (χ3v) is 4.15. The quantitative estimate of drug-likeness (QED) is 0.891. The van der Waals surface area contributed by atoms with Crippen molar-refractivity contribution in [1.82, 2.24) is 0 Å². The van der Waals surface area contributed by atoms with E-state index >= 15 is 0 Å². The largest absolute Gasteiger partial charge is 0.330 e. The van der Waals surface area contributed by atoms with Gasteiger partial charge in [-0.25, -0.2) is 0 Å². The van der Waals surface area contributed by atoms with E-state index in [0.29, 0.717) is 12.5 Å². The van der Waals surface area contributed by atoms with Gasteiger partial charge in [0.15, 0.2) is 0 Å². The van der Waals surface area contributed by atoms with Crippen molar-refractivity contribution in [3.05, 3.63) is 69.2 Å². The molecule has 0 spiro atoms. The van der Waals surface area contributed by atoms with Gasteiger partial charge in [-0.05, 0) is 61.2 Å². The Morgan fingerprint density at radius 1 is 1.05 bits per heavy atom. The smallest absolute Gasteiger partial charge is 0.0177 e. The Balaban J connectivity index is 2.22. The molecule has 0 aromatic heterocycles. The molecule has 19 heavy (non-hydrogen) atoms. The summed E-state index contributed by atoms with van der Waals surface area (Å²) in [5.41, 5.74) is 11.3. The van der Waals surface area contributed by atoms with Crippen molar-refractivity contribution in [2.45, 2.75) is 26.2 Å². The molecular weight excluding hydrogens is 298 g/mol. The average Bonchev–Trinajstić information content (AvgIpc) is 2.39. The minimum atomic E-state index is 0.383. The minimum Gasteiger partial charge on any atom is -0.330 e. The lowest BCUT2D eigenvalue weighted by Crippen LogP contribution is -2.15. The summed E-state index contributed by atoms with van der Waals surface area (Å²) in [6.45, 7) is 4.98. The van der Waals surface area contributed by atoms with Crippen molar-refractivity contribution < 1.29 is 0 Å². The van der Waals surface area contributed by atoms with Gasteiger partial charge in [0, 0.05) is 10.4 Å². The first-order valence-corrected chi connectivity index (χ1v) is 7.41. The van der Waals surface area contributed by atoms with Crippen LogP contribution in [-0.4, -0.2) is 6.54 Å². The third-order valence-electron chi connectivity index (χ3n) is 3.66. The molecule has 0 saturated carbocycles. The standard InChI is InChI=1S/C17H20BrN/c1-12-6-7-15(8-13(12)2)16(11-19)9-14-4-3-5-17(18)10-14/h3-8,10,16H,9,11,19H2,1-2H3. The highest BCUT2D eigenvalue weighted by molar-refractivity contribution is 9.10. The number of aryl methyl sites for hydroxylation is 2. The maximum Gasteiger partial charge on any atom is 0.0177 e. The lowest BCUT2D eigenvalue weighted by molar-refractivity contribution is 0.693. The zero-order valence-electron chi connectivity index (χ0n) is 11.5. The Bertz CT molecular complexity index is 563. The maximum atomic E-state index is 5.97. The molecule has 0 fully saturated rings. The Labute approximate surface area is 124 Å². The molecule has 0 heterocycles. The highest BCUT2D eigenvalue weighted by Crippen LogP contribution is 2.23. The Kier molecular flexibility index (Phi) is 4.78. The van der Waals surface area contributed by atoms with Gasteiger partial charge in [0.1, 0.15) is 0 Å². The van der Waals surface area contributed by atoms with Crippen LogP contribution in [-0.2, 0) is 6.42 Å². The molecule has 0 radical (unpaired) electrons. The predicted octanol–water partition coefficient (Wildman–Crippen LogP) is 4.35. The van der Waals surface area contributed by atoms with Crippen LogP contribution in [0.1, 0.15) is 28.2 Å². The van der Waals surface area contributed by atoms with Crippen molar-refractivity contribution in [3.63, 3.8) is 0 Å². The van der Waals surface area contributed by atoms with E-state index in [4.69, 9.17) is 5.73 Å². The van der Waals surface area contributed by atoms with Crippen molar-refractivity contribution >= 4 is 15.9 Å². The van der Waals surface area contributed by atoms with Crippen LogP contribution in [0.4, 0.5) is 0 Å². The van der Waals surface area contributed by atoms with E-state index in [1.807, 2.05) is 0 Å². The molecule has 2 heteroatoms. The second kappa shape index (κ2) is 6.36. The number of hydrogen-bond donors (Lipinski definition) is 1. The van der Waals surface area contributed by atoms with E-state index in [-0.39, 0.29) is 0 Å². The first-order chi connectivity index (χ1) is 9.10. The van der Waals surface area contributed by atoms with Crippen LogP contribution in [0.3, 0.4) is 0 Å². The Morgan fingerprint density at radius 3 is 2.47 bits per heavy atom. The van der Waals surface area contributed by atoms with Crippen LogP contribution >= 0.6 is 15.9 Å². The van der Waals surface area contributed by atoms with Crippen molar-refractivity contribution in [3.8, 4) is 0 Å². The zero-order chi connectivity index (χ0) is 13.8. The molecular formula is C17H20BrN. The molecule has 2 N–H and O–H groups in total. The van der Waals surface area contributed by atoms with Gasteiger partial charge in [-0.2, -0.15) is 0 Å². The lowest BCUT2D eigenvalue weighted by Gasteiger charge is -2.17. The summed E-state index contributed by atoms with van der Waals surface area (Å²) < 4.78 is 1.13. The third kappa shape index (κ3) is 3.68. The van der Waals surface area contributed by atoms with Gasteiger partial charge in [-0.15, -0.1) is 0 Å². The van der Waals surface area contributed by atoms with E-state index < -0.39 is 0 Å². The van der Waals surface area contributed by atoms with Crippen LogP contribution in [0.25, 0.3) is 0 Å². The number of halogens is 1. The summed E-state index contributed by atoms with van der Waals surface area (Å²) in [5.74, 6) is 0.383.